The van der Waals surface area contributed by atoms with Gasteiger partial charge in [-0.2, -0.15) is 0 Å². The number of carbonyl (C=O) groups is 1. The summed E-state index contributed by atoms with van der Waals surface area (Å²) in [6.07, 6.45) is 5.71. The lowest BCUT2D eigenvalue weighted by molar-refractivity contribution is -0.121. The van der Waals surface area contributed by atoms with Crippen molar-refractivity contribution >= 4 is 5.91 Å². The van der Waals surface area contributed by atoms with Gasteiger partial charge in [0, 0.05) is 32.1 Å². The molecule has 1 unspecified atom stereocenters. The molecule has 1 aliphatic heterocycles. The van der Waals surface area contributed by atoms with Crippen molar-refractivity contribution in [3.05, 3.63) is 0 Å². The second-order valence-electron chi connectivity index (χ2n) is 5.15. The summed E-state index contributed by atoms with van der Waals surface area (Å²) in [5.41, 5.74) is 0. The molecule has 0 aromatic rings. The quantitative estimate of drug-likeness (QED) is 0.688. The number of hydrogen-bond acceptors (Lipinski definition) is 3. The van der Waals surface area contributed by atoms with Gasteiger partial charge in [-0.15, -0.1) is 0 Å². The van der Waals surface area contributed by atoms with Crippen molar-refractivity contribution in [2.24, 2.45) is 0 Å². The van der Waals surface area contributed by atoms with Crippen LogP contribution < -0.4 is 10.6 Å². The lowest BCUT2D eigenvalue weighted by Crippen LogP contribution is -2.44. The molecule has 1 amide bonds. The van der Waals surface area contributed by atoms with Gasteiger partial charge in [-0.1, -0.05) is 13.3 Å². The molecule has 2 N–H and O–H groups in total. The summed E-state index contributed by atoms with van der Waals surface area (Å²) in [6.45, 7) is 9.13. The highest BCUT2D eigenvalue weighted by Crippen LogP contribution is 2.09. The van der Waals surface area contributed by atoms with Gasteiger partial charge in [0.15, 0.2) is 0 Å². The van der Waals surface area contributed by atoms with Crippen LogP contribution >= 0.6 is 0 Å². The molecular formula is C14H29N3O. The van der Waals surface area contributed by atoms with E-state index in [1.165, 1.54) is 19.3 Å². The van der Waals surface area contributed by atoms with Crippen LogP contribution in [-0.2, 0) is 4.79 Å². The molecule has 0 spiro atoms. The van der Waals surface area contributed by atoms with Crippen molar-refractivity contribution in [3.8, 4) is 0 Å². The van der Waals surface area contributed by atoms with Crippen molar-refractivity contribution < 1.29 is 4.79 Å². The van der Waals surface area contributed by atoms with Crippen LogP contribution in [0, 0.1) is 0 Å². The summed E-state index contributed by atoms with van der Waals surface area (Å²) >= 11 is 0. The lowest BCUT2D eigenvalue weighted by atomic mass is 10.0. The van der Waals surface area contributed by atoms with E-state index in [1.54, 1.807) is 0 Å². The van der Waals surface area contributed by atoms with Crippen LogP contribution in [-0.4, -0.2) is 49.6 Å². The molecule has 0 radical (unpaired) electrons. The molecule has 1 rings (SSSR count). The Morgan fingerprint density at radius 2 is 2.17 bits per heavy atom. The molecule has 1 aliphatic rings. The smallest absolute Gasteiger partial charge is 0.221 e. The average molecular weight is 255 g/mol. The zero-order valence-corrected chi connectivity index (χ0v) is 12.0. The Bertz CT molecular complexity index is 227. The Morgan fingerprint density at radius 3 is 2.78 bits per heavy atom. The van der Waals surface area contributed by atoms with E-state index in [2.05, 4.69) is 22.5 Å². The number of hydrogen-bond donors (Lipinski definition) is 2. The van der Waals surface area contributed by atoms with E-state index < -0.39 is 0 Å². The molecule has 18 heavy (non-hydrogen) atoms. The molecule has 4 heteroatoms. The third-order valence-electron chi connectivity index (χ3n) is 3.46. The Labute approximate surface area is 111 Å². The van der Waals surface area contributed by atoms with Crippen LogP contribution in [0.25, 0.3) is 0 Å². The summed E-state index contributed by atoms with van der Waals surface area (Å²) in [4.78, 5) is 13.9. The van der Waals surface area contributed by atoms with Crippen molar-refractivity contribution in [3.63, 3.8) is 0 Å². The SMILES string of the molecule is CCCN(CCC(=O)NCC)CC1CCCCN1. The molecular weight excluding hydrogens is 226 g/mol. The molecule has 0 bridgehead atoms. The van der Waals surface area contributed by atoms with Crippen LogP contribution in [0.3, 0.4) is 0 Å². The fraction of sp³-hybridized carbons (Fsp3) is 0.929. The fourth-order valence-electron chi connectivity index (χ4n) is 2.55. The average Bonchev–Trinajstić information content (AvgIpc) is 2.38. The number of amides is 1. The maximum Gasteiger partial charge on any atom is 0.221 e. The van der Waals surface area contributed by atoms with Crippen molar-refractivity contribution in [2.75, 3.05) is 32.7 Å². The van der Waals surface area contributed by atoms with E-state index in [4.69, 9.17) is 0 Å². The molecule has 0 saturated carbocycles. The monoisotopic (exact) mass is 255 g/mol. The minimum absolute atomic E-state index is 0.176. The van der Waals surface area contributed by atoms with E-state index >= 15 is 0 Å². The normalized spacial score (nSPS) is 20.1. The predicted octanol–water partition coefficient (Wildman–Crippen LogP) is 1.37. The first-order chi connectivity index (χ1) is 8.76. The number of rotatable bonds is 8. The van der Waals surface area contributed by atoms with E-state index in [0.29, 0.717) is 12.5 Å². The highest BCUT2D eigenvalue weighted by molar-refractivity contribution is 5.75. The van der Waals surface area contributed by atoms with Crippen LogP contribution in [0.15, 0.2) is 0 Å². The molecule has 0 aromatic carbocycles. The van der Waals surface area contributed by atoms with Crippen LogP contribution in [0.2, 0.25) is 0 Å². The largest absolute Gasteiger partial charge is 0.356 e. The van der Waals surface area contributed by atoms with Crippen LogP contribution in [0.5, 0.6) is 0 Å². The second-order valence-corrected chi connectivity index (χ2v) is 5.15. The first-order valence-electron chi connectivity index (χ1n) is 7.48. The maximum absolute atomic E-state index is 11.5. The molecule has 1 saturated heterocycles. The second kappa shape index (κ2) is 9.34. The van der Waals surface area contributed by atoms with Gasteiger partial charge in [0.05, 0.1) is 0 Å². The summed E-state index contributed by atoms with van der Waals surface area (Å²) in [5, 5.41) is 6.44. The Balaban J connectivity index is 2.26. The van der Waals surface area contributed by atoms with Crippen molar-refractivity contribution in [2.45, 2.75) is 52.0 Å². The molecule has 0 aromatic heterocycles. The Morgan fingerprint density at radius 1 is 1.33 bits per heavy atom. The third kappa shape index (κ3) is 6.36. The van der Waals surface area contributed by atoms with Crippen molar-refractivity contribution in [1.82, 2.24) is 15.5 Å². The number of piperidine rings is 1. The van der Waals surface area contributed by atoms with Gasteiger partial charge >= 0.3 is 0 Å². The highest BCUT2D eigenvalue weighted by atomic mass is 16.1. The van der Waals surface area contributed by atoms with Gasteiger partial charge < -0.3 is 15.5 Å². The molecule has 4 nitrogen and oxygen atoms in total. The lowest BCUT2D eigenvalue weighted by Gasteiger charge is -2.30. The maximum atomic E-state index is 11.5. The van der Waals surface area contributed by atoms with E-state index in [1.807, 2.05) is 6.92 Å². The van der Waals surface area contributed by atoms with Gasteiger partial charge in [0.2, 0.25) is 5.91 Å². The standard InChI is InChI=1S/C14H29N3O/c1-3-10-17(11-8-14(18)15-4-2)12-13-7-5-6-9-16-13/h13,16H,3-12H2,1-2H3,(H,15,18). The first kappa shape index (κ1) is 15.4. The minimum Gasteiger partial charge on any atom is -0.356 e. The van der Waals surface area contributed by atoms with E-state index in [0.717, 1.165) is 39.1 Å². The van der Waals surface area contributed by atoms with Crippen LogP contribution in [0.4, 0.5) is 0 Å². The Hall–Kier alpha value is -0.610. The van der Waals surface area contributed by atoms with Gasteiger partial charge in [-0.05, 0) is 39.3 Å². The summed E-state index contributed by atoms with van der Waals surface area (Å²) in [6, 6.07) is 0.625. The van der Waals surface area contributed by atoms with Crippen molar-refractivity contribution in [1.29, 1.82) is 0 Å². The third-order valence-corrected chi connectivity index (χ3v) is 3.46. The molecule has 1 atom stereocenters. The first-order valence-corrected chi connectivity index (χ1v) is 7.48. The molecule has 1 heterocycles. The predicted molar refractivity (Wildman–Crippen MR) is 75.7 cm³/mol. The number of nitrogens with zero attached hydrogens (tertiary/aromatic N) is 1. The van der Waals surface area contributed by atoms with E-state index in [-0.39, 0.29) is 5.91 Å². The topological polar surface area (TPSA) is 44.4 Å². The van der Waals surface area contributed by atoms with Gasteiger partial charge in [0.25, 0.3) is 0 Å². The fourth-order valence-corrected chi connectivity index (χ4v) is 2.55. The number of nitrogens with one attached hydrogen (secondary N) is 2. The summed E-state index contributed by atoms with van der Waals surface area (Å²) < 4.78 is 0. The minimum atomic E-state index is 0.176. The highest BCUT2D eigenvalue weighted by Gasteiger charge is 2.16. The zero-order chi connectivity index (χ0) is 13.2. The Kier molecular flexibility index (Phi) is 8.01. The molecule has 106 valence electrons. The van der Waals surface area contributed by atoms with Gasteiger partial charge in [0.1, 0.15) is 0 Å². The van der Waals surface area contributed by atoms with E-state index in [9.17, 15) is 4.79 Å². The summed E-state index contributed by atoms with van der Waals surface area (Å²) in [5.74, 6) is 0.176. The molecule has 0 aliphatic carbocycles. The zero-order valence-electron chi connectivity index (χ0n) is 12.0. The van der Waals surface area contributed by atoms with Gasteiger partial charge in [-0.3, -0.25) is 4.79 Å². The summed E-state index contributed by atoms with van der Waals surface area (Å²) in [7, 11) is 0. The number of carbonyl (C=O) groups excluding carboxylic acids is 1. The molecule has 1 fully saturated rings. The van der Waals surface area contributed by atoms with Crippen LogP contribution in [0.1, 0.15) is 46.0 Å². The van der Waals surface area contributed by atoms with Gasteiger partial charge in [-0.25, -0.2) is 0 Å².